The molecule has 0 rings (SSSR count). The molecular weight excluding hydrogens is 993 g/mol. The number of rotatable bonds is 73. The molecule has 0 aromatic rings. The molecule has 0 bridgehead atoms. The molecule has 4 atom stereocenters. The molecule has 0 aromatic carbocycles. The van der Waals surface area contributed by atoms with Crippen LogP contribution < -0.4 is 9.80 Å². The smallest absolute Gasteiger partial charge is 0.0838 e. The summed E-state index contributed by atoms with van der Waals surface area (Å²) in [6.45, 7) is 23.3. The van der Waals surface area contributed by atoms with E-state index < -0.39 is 0 Å². The maximum absolute atomic E-state index is 2.69. The van der Waals surface area contributed by atoms with Crippen LogP contribution >= 0.6 is 0 Å². The molecule has 0 saturated carbocycles. The first kappa shape index (κ1) is 81.8. The van der Waals surface area contributed by atoms with Gasteiger partial charge in [-0.15, -0.1) is 0 Å². The lowest BCUT2D eigenvalue weighted by Crippen LogP contribution is -3.09. The molecule has 82 heavy (non-hydrogen) atoms. The highest BCUT2D eigenvalue weighted by atomic mass is 15.3. The van der Waals surface area contributed by atoms with Gasteiger partial charge in [-0.3, -0.25) is 0 Å². The van der Waals surface area contributed by atoms with E-state index in [2.05, 4.69) is 55.9 Å². The van der Waals surface area contributed by atoms with Gasteiger partial charge in [0.15, 0.2) is 0 Å². The molecule has 0 aliphatic heterocycles. The van der Waals surface area contributed by atoms with Gasteiger partial charge in [-0.1, -0.05) is 336 Å². The van der Waals surface area contributed by atoms with Gasteiger partial charge in [-0.25, -0.2) is 0 Å². The van der Waals surface area contributed by atoms with E-state index in [1.165, 1.54) is 460 Å². The molecule has 0 fully saturated rings. The highest BCUT2D eigenvalue weighted by molar-refractivity contribution is 4.56. The third-order valence-corrected chi connectivity index (χ3v) is 20.3. The van der Waals surface area contributed by atoms with Crippen LogP contribution in [0, 0.1) is 0 Å². The molecule has 494 valence electrons. The standard InChI is InChI=1S/C78H164N4/c1-9-13-17-21-25-29-33-37-41-45-49-53-57-61-69-79(5)71-67-77-81(7,73-63-59-55-51-47-43-39-35-31-27-23-19-15-11-3)75-65-66-76-82(8,74-64-60-56-52-48-44-40-36-32-28-24-20-16-12-4)78-68-72-80(6)70-62-58-54-50-46-42-38-34-30-26-22-18-14-10-2/h9-78H2,1-8H3/q+2/p+2. The van der Waals surface area contributed by atoms with E-state index in [9.17, 15) is 0 Å². The van der Waals surface area contributed by atoms with Crippen LogP contribution in [0.1, 0.15) is 413 Å². The highest BCUT2D eigenvalue weighted by Crippen LogP contribution is 2.20. The van der Waals surface area contributed by atoms with E-state index in [-0.39, 0.29) is 0 Å². The van der Waals surface area contributed by atoms with Gasteiger partial charge < -0.3 is 18.8 Å². The minimum Gasteiger partial charge on any atom is -0.337 e. The van der Waals surface area contributed by atoms with Crippen molar-refractivity contribution in [1.29, 1.82) is 0 Å². The van der Waals surface area contributed by atoms with Gasteiger partial charge in [0.25, 0.3) is 0 Å². The monoisotopic (exact) mass is 1160 g/mol. The van der Waals surface area contributed by atoms with Crippen LogP contribution in [0.2, 0.25) is 0 Å². The van der Waals surface area contributed by atoms with Crippen LogP contribution in [0.15, 0.2) is 0 Å². The summed E-state index contributed by atoms with van der Waals surface area (Å²) >= 11 is 0. The lowest BCUT2D eigenvalue weighted by Gasteiger charge is -2.37. The second kappa shape index (κ2) is 66.8. The maximum atomic E-state index is 2.69. The van der Waals surface area contributed by atoms with Crippen LogP contribution in [0.3, 0.4) is 0 Å². The topological polar surface area (TPSA) is 8.88 Å². The fourth-order valence-corrected chi connectivity index (χ4v) is 14.1. The van der Waals surface area contributed by atoms with Crippen molar-refractivity contribution < 1.29 is 18.8 Å². The van der Waals surface area contributed by atoms with Crippen molar-refractivity contribution in [3.63, 3.8) is 0 Å². The largest absolute Gasteiger partial charge is 0.337 e. The van der Waals surface area contributed by atoms with E-state index in [4.69, 9.17) is 0 Å². The Balaban J connectivity index is 5.11. The van der Waals surface area contributed by atoms with Crippen molar-refractivity contribution in [1.82, 2.24) is 0 Å². The Bertz CT molecular complexity index is 1070. The zero-order chi connectivity index (χ0) is 59.7. The van der Waals surface area contributed by atoms with Crippen LogP contribution in [0.25, 0.3) is 0 Å². The first-order valence-corrected chi connectivity index (χ1v) is 39.5. The molecule has 0 heterocycles. The Kier molecular flexibility index (Phi) is 66.7. The number of nitrogens with zero attached hydrogens (tertiary/aromatic N) is 2. The van der Waals surface area contributed by atoms with Gasteiger partial charge in [0, 0.05) is 25.7 Å². The lowest BCUT2D eigenvalue weighted by atomic mass is 10.0. The maximum Gasteiger partial charge on any atom is 0.0838 e. The van der Waals surface area contributed by atoms with E-state index in [1.54, 1.807) is 9.80 Å². The Labute approximate surface area is 522 Å². The van der Waals surface area contributed by atoms with E-state index in [1.807, 2.05) is 0 Å². The minimum atomic E-state index is 1.33. The molecule has 0 aliphatic rings. The molecule has 0 spiro atoms. The SMILES string of the molecule is CCCCCCCCCCCCCCCC[NH+](C)CCC[N+](C)(CCCCCCCCCCCCCCCC)CCCC[N+](C)(CCCCCCCCCCCCCCCC)CCC[NH+](C)CCCCCCCCCCCCCCCC. The third kappa shape index (κ3) is 62.9. The molecular formula is C78H166N4+4. The molecule has 2 N–H and O–H groups in total. The summed E-state index contributed by atoms with van der Waals surface area (Å²) < 4.78 is 2.67. The molecule has 4 nitrogen and oxygen atoms in total. The number of quaternary nitrogens is 4. The van der Waals surface area contributed by atoms with Crippen molar-refractivity contribution in [2.75, 3.05) is 93.6 Å². The Morgan fingerprint density at radius 1 is 0.159 bits per heavy atom. The minimum absolute atomic E-state index is 1.33. The predicted molar refractivity (Wildman–Crippen MR) is 375 cm³/mol. The van der Waals surface area contributed by atoms with Crippen molar-refractivity contribution >= 4 is 0 Å². The Morgan fingerprint density at radius 3 is 0.463 bits per heavy atom. The summed E-state index contributed by atoms with van der Waals surface area (Å²) in [5.41, 5.74) is 0. The third-order valence-electron chi connectivity index (χ3n) is 20.3. The van der Waals surface area contributed by atoms with Crippen molar-refractivity contribution in [2.24, 2.45) is 0 Å². The van der Waals surface area contributed by atoms with Crippen molar-refractivity contribution in [3.05, 3.63) is 0 Å². The van der Waals surface area contributed by atoms with Crippen LogP contribution in [-0.2, 0) is 0 Å². The van der Waals surface area contributed by atoms with Gasteiger partial charge in [-0.05, 0) is 51.4 Å². The van der Waals surface area contributed by atoms with E-state index in [0.717, 1.165) is 0 Å². The molecule has 0 saturated heterocycles. The highest BCUT2D eigenvalue weighted by Gasteiger charge is 2.25. The number of hydrogen-bond acceptors (Lipinski definition) is 0. The quantitative estimate of drug-likeness (QED) is 0.0444. The summed E-state index contributed by atoms with van der Waals surface area (Å²) in [5.74, 6) is 0. The molecule has 0 aliphatic carbocycles. The lowest BCUT2D eigenvalue weighted by molar-refractivity contribution is -0.924. The normalized spacial score (nSPS) is 14.2. The van der Waals surface area contributed by atoms with Gasteiger partial charge in [-0.2, -0.15) is 0 Å². The van der Waals surface area contributed by atoms with Crippen molar-refractivity contribution in [3.8, 4) is 0 Å². The number of nitrogens with one attached hydrogen (secondary N) is 2. The summed E-state index contributed by atoms with van der Waals surface area (Å²) in [6.07, 6.45) is 87.4. The first-order valence-electron chi connectivity index (χ1n) is 39.5. The second-order valence-corrected chi connectivity index (χ2v) is 29.3. The molecule has 4 heteroatoms. The average Bonchev–Trinajstić information content (AvgIpc) is 3.52. The molecule has 0 radical (unpaired) electrons. The van der Waals surface area contributed by atoms with E-state index >= 15 is 0 Å². The fourth-order valence-electron chi connectivity index (χ4n) is 14.1. The summed E-state index contributed by atoms with van der Waals surface area (Å²) in [7, 11) is 10.4. The molecule has 0 aromatic heterocycles. The summed E-state index contributed by atoms with van der Waals surface area (Å²) in [6, 6.07) is 0. The van der Waals surface area contributed by atoms with Gasteiger partial charge in [0.05, 0.1) is 93.6 Å². The summed E-state index contributed by atoms with van der Waals surface area (Å²) in [5, 5.41) is 0. The van der Waals surface area contributed by atoms with Crippen LogP contribution in [0.5, 0.6) is 0 Å². The van der Waals surface area contributed by atoms with Crippen LogP contribution in [0.4, 0.5) is 0 Å². The first-order chi connectivity index (χ1) is 40.2. The molecule has 4 unspecified atom stereocenters. The van der Waals surface area contributed by atoms with E-state index in [0.29, 0.717) is 0 Å². The molecule has 0 amide bonds. The van der Waals surface area contributed by atoms with Gasteiger partial charge in [0.2, 0.25) is 0 Å². The summed E-state index contributed by atoms with van der Waals surface area (Å²) in [4.78, 5) is 3.59. The Hall–Kier alpha value is -0.160. The van der Waals surface area contributed by atoms with Crippen LogP contribution in [-0.4, -0.2) is 103 Å². The zero-order valence-corrected chi connectivity index (χ0v) is 59.4. The number of unbranched alkanes of at least 4 members (excludes halogenated alkanes) is 53. The predicted octanol–water partition coefficient (Wildman–Crippen LogP) is 22.4. The number of hydrogen-bond donors (Lipinski definition) is 2. The zero-order valence-electron chi connectivity index (χ0n) is 59.4. The van der Waals surface area contributed by atoms with Crippen molar-refractivity contribution in [2.45, 2.75) is 413 Å². The fraction of sp³-hybridized carbons (Fsp3) is 1.00. The average molecular weight is 1160 g/mol. The van der Waals surface area contributed by atoms with Gasteiger partial charge >= 0.3 is 0 Å². The second-order valence-electron chi connectivity index (χ2n) is 29.3. The van der Waals surface area contributed by atoms with Gasteiger partial charge in [0.1, 0.15) is 0 Å². The Morgan fingerprint density at radius 2 is 0.280 bits per heavy atom.